The van der Waals surface area contributed by atoms with Gasteiger partial charge in [-0.05, 0) is 55.3 Å². The number of hydrogen-bond donors (Lipinski definition) is 1. The molecule has 0 radical (unpaired) electrons. The summed E-state index contributed by atoms with van der Waals surface area (Å²) in [5.74, 6) is -1.33. The SMILES string of the molecule is COc1c(Cl)cc(/C(O)=C2/C(=O)C(=O)N(CCc3ccc(F)cc3)C2c2ccc(C)o2)cc1Cl. The largest absolute Gasteiger partial charge is 0.507 e. The minimum Gasteiger partial charge on any atom is -0.507 e. The normalized spacial score (nSPS) is 17.4. The molecule has 1 saturated heterocycles. The number of Topliss-reactive ketones (excluding diaryl/α,β-unsaturated/α-hetero) is 1. The molecule has 1 amide bonds. The lowest BCUT2D eigenvalue weighted by atomic mass is 9.99. The third kappa shape index (κ3) is 4.41. The fourth-order valence-electron chi connectivity index (χ4n) is 3.95. The number of methoxy groups -OCH3 is 1. The van der Waals surface area contributed by atoms with Crippen molar-refractivity contribution in [3.63, 3.8) is 0 Å². The Morgan fingerprint density at radius 2 is 1.76 bits per heavy atom. The summed E-state index contributed by atoms with van der Waals surface area (Å²) in [6, 6.07) is 11.1. The fourth-order valence-corrected chi connectivity index (χ4v) is 4.60. The first-order valence-corrected chi connectivity index (χ1v) is 11.1. The zero-order valence-electron chi connectivity index (χ0n) is 18.3. The maximum atomic E-state index is 13.3. The molecular weight excluding hydrogens is 484 g/mol. The average Bonchev–Trinajstić information content (AvgIpc) is 3.33. The number of amides is 1. The van der Waals surface area contributed by atoms with Crippen LogP contribution in [-0.2, 0) is 16.0 Å². The van der Waals surface area contributed by atoms with E-state index >= 15 is 0 Å². The highest BCUT2D eigenvalue weighted by molar-refractivity contribution is 6.46. The summed E-state index contributed by atoms with van der Waals surface area (Å²) >= 11 is 12.4. The van der Waals surface area contributed by atoms with Crippen molar-refractivity contribution in [3.05, 3.63) is 92.6 Å². The van der Waals surface area contributed by atoms with Gasteiger partial charge in [0.25, 0.3) is 11.7 Å². The number of hydrogen-bond acceptors (Lipinski definition) is 5. The number of furan rings is 1. The predicted octanol–water partition coefficient (Wildman–Crippen LogP) is 5.71. The first-order chi connectivity index (χ1) is 16.2. The lowest BCUT2D eigenvalue weighted by molar-refractivity contribution is -0.140. The van der Waals surface area contributed by atoms with Crippen LogP contribution in [0.15, 0.2) is 58.5 Å². The minimum absolute atomic E-state index is 0.132. The maximum absolute atomic E-state index is 13.3. The van der Waals surface area contributed by atoms with E-state index in [2.05, 4.69) is 0 Å². The second-order valence-electron chi connectivity index (χ2n) is 7.79. The summed E-state index contributed by atoms with van der Waals surface area (Å²) in [5.41, 5.74) is 0.794. The Hall–Kier alpha value is -3.29. The number of ketones is 1. The van der Waals surface area contributed by atoms with Crippen LogP contribution in [0.2, 0.25) is 10.0 Å². The van der Waals surface area contributed by atoms with Gasteiger partial charge in [-0.1, -0.05) is 35.3 Å². The molecule has 34 heavy (non-hydrogen) atoms. The van der Waals surface area contributed by atoms with E-state index < -0.39 is 23.5 Å². The van der Waals surface area contributed by atoms with Crippen molar-refractivity contribution >= 4 is 40.7 Å². The van der Waals surface area contributed by atoms with Crippen LogP contribution >= 0.6 is 23.2 Å². The monoisotopic (exact) mass is 503 g/mol. The van der Waals surface area contributed by atoms with Crippen LogP contribution in [0.4, 0.5) is 4.39 Å². The second kappa shape index (κ2) is 9.52. The summed E-state index contributed by atoms with van der Waals surface area (Å²) < 4.78 is 24.1. The topological polar surface area (TPSA) is 80.0 Å². The molecule has 176 valence electrons. The molecule has 4 rings (SSSR count). The first-order valence-electron chi connectivity index (χ1n) is 10.3. The van der Waals surface area contributed by atoms with E-state index in [4.69, 9.17) is 32.4 Å². The minimum atomic E-state index is -0.964. The lowest BCUT2D eigenvalue weighted by Gasteiger charge is -2.23. The molecule has 1 unspecified atom stereocenters. The molecule has 1 aliphatic heterocycles. The number of aliphatic hydroxyl groups is 1. The summed E-state index contributed by atoms with van der Waals surface area (Å²) in [6.45, 7) is 1.87. The van der Waals surface area contributed by atoms with Gasteiger partial charge in [0, 0.05) is 12.1 Å². The van der Waals surface area contributed by atoms with Gasteiger partial charge in [0.15, 0.2) is 5.75 Å². The smallest absolute Gasteiger partial charge is 0.295 e. The summed E-state index contributed by atoms with van der Waals surface area (Å²) in [6.07, 6.45) is 0.365. The van der Waals surface area contributed by atoms with Crippen molar-refractivity contribution in [1.82, 2.24) is 4.90 Å². The van der Waals surface area contributed by atoms with Gasteiger partial charge in [0.2, 0.25) is 0 Å². The van der Waals surface area contributed by atoms with Crippen LogP contribution in [0.1, 0.15) is 28.7 Å². The van der Waals surface area contributed by atoms with Gasteiger partial charge < -0.3 is 19.2 Å². The van der Waals surface area contributed by atoms with Crippen LogP contribution in [0, 0.1) is 12.7 Å². The quantitative estimate of drug-likeness (QED) is 0.265. The van der Waals surface area contributed by atoms with E-state index in [9.17, 15) is 19.1 Å². The van der Waals surface area contributed by atoms with Crippen molar-refractivity contribution in [2.24, 2.45) is 0 Å². The second-order valence-corrected chi connectivity index (χ2v) is 8.60. The molecule has 1 aromatic heterocycles. The van der Waals surface area contributed by atoms with Crippen molar-refractivity contribution in [3.8, 4) is 5.75 Å². The number of halogens is 3. The zero-order chi connectivity index (χ0) is 24.6. The van der Waals surface area contributed by atoms with E-state index in [0.717, 1.165) is 5.56 Å². The number of ether oxygens (including phenoxy) is 1. The van der Waals surface area contributed by atoms with E-state index in [0.29, 0.717) is 17.9 Å². The molecule has 0 saturated carbocycles. The van der Waals surface area contributed by atoms with Gasteiger partial charge in [0.1, 0.15) is 29.1 Å². The maximum Gasteiger partial charge on any atom is 0.295 e. The summed E-state index contributed by atoms with van der Waals surface area (Å²) in [4.78, 5) is 27.4. The van der Waals surface area contributed by atoms with Gasteiger partial charge in [-0.3, -0.25) is 9.59 Å². The van der Waals surface area contributed by atoms with Crippen LogP contribution in [0.25, 0.3) is 5.76 Å². The Labute approximate surface area is 205 Å². The van der Waals surface area contributed by atoms with Crippen molar-refractivity contribution < 1.29 is 28.2 Å². The molecule has 0 spiro atoms. The average molecular weight is 504 g/mol. The Kier molecular flexibility index (Phi) is 6.68. The van der Waals surface area contributed by atoms with E-state index in [1.54, 1.807) is 31.2 Å². The van der Waals surface area contributed by atoms with Crippen LogP contribution in [0.5, 0.6) is 5.75 Å². The predicted molar refractivity (Wildman–Crippen MR) is 126 cm³/mol. The van der Waals surface area contributed by atoms with Crippen molar-refractivity contribution in [2.75, 3.05) is 13.7 Å². The molecule has 0 aliphatic carbocycles. The molecule has 3 aromatic rings. The highest BCUT2D eigenvalue weighted by Gasteiger charge is 2.47. The molecular formula is C25H20Cl2FNO5. The van der Waals surface area contributed by atoms with E-state index in [-0.39, 0.29) is 39.3 Å². The van der Waals surface area contributed by atoms with Crippen LogP contribution < -0.4 is 4.74 Å². The summed E-state index contributed by atoms with van der Waals surface area (Å²) in [7, 11) is 1.40. The first kappa shape index (κ1) is 23.9. The highest BCUT2D eigenvalue weighted by atomic mass is 35.5. The van der Waals surface area contributed by atoms with Gasteiger partial charge in [-0.15, -0.1) is 0 Å². The number of aliphatic hydroxyl groups excluding tert-OH is 1. The molecule has 0 bridgehead atoms. The Balaban J connectivity index is 1.78. The number of carbonyl (C=O) groups is 2. The zero-order valence-corrected chi connectivity index (χ0v) is 19.8. The van der Waals surface area contributed by atoms with Gasteiger partial charge in [-0.25, -0.2) is 4.39 Å². The number of rotatable bonds is 6. The molecule has 6 nitrogen and oxygen atoms in total. The van der Waals surface area contributed by atoms with Gasteiger partial charge >= 0.3 is 0 Å². The third-order valence-electron chi connectivity index (χ3n) is 5.60. The molecule has 2 heterocycles. The molecule has 1 N–H and O–H groups in total. The standard InChI is InChI=1S/C25H20Cl2FNO5/c1-13-3-8-19(34-13)21-20(22(30)15-11-17(26)24(33-2)18(27)12-15)23(31)25(32)29(21)10-9-14-4-6-16(28)7-5-14/h3-8,11-12,21,30H,9-10H2,1-2H3/b22-20-. The lowest BCUT2D eigenvalue weighted by Crippen LogP contribution is -2.31. The van der Waals surface area contributed by atoms with Crippen molar-refractivity contribution in [1.29, 1.82) is 0 Å². The number of carbonyl (C=O) groups excluding carboxylic acids is 2. The molecule has 2 aromatic carbocycles. The van der Waals surface area contributed by atoms with Gasteiger partial charge in [-0.2, -0.15) is 0 Å². The highest BCUT2D eigenvalue weighted by Crippen LogP contribution is 2.42. The molecule has 9 heteroatoms. The molecule has 1 fully saturated rings. The fraction of sp³-hybridized carbons (Fsp3) is 0.200. The Morgan fingerprint density at radius 1 is 1.12 bits per heavy atom. The number of likely N-dealkylation sites (tertiary alicyclic amines) is 1. The van der Waals surface area contributed by atoms with Gasteiger partial charge in [0.05, 0.1) is 22.7 Å². The van der Waals surface area contributed by atoms with Crippen molar-refractivity contribution in [2.45, 2.75) is 19.4 Å². The van der Waals surface area contributed by atoms with E-state index in [1.165, 1.54) is 36.3 Å². The Bertz CT molecular complexity index is 1280. The number of aryl methyl sites for hydroxylation is 1. The number of benzene rings is 2. The van der Waals surface area contributed by atoms with Crippen LogP contribution in [0.3, 0.4) is 0 Å². The number of nitrogens with zero attached hydrogens (tertiary/aromatic N) is 1. The summed E-state index contributed by atoms with van der Waals surface area (Å²) in [5, 5.41) is 11.4. The molecule has 1 aliphatic rings. The molecule has 1 atom stereocenters. The third-order valence-corrected chi connectivity index (χ3v) is 6.16. The Morgan fingerprint density at radius 3 is 2.32 bits per heavy atom. The van der Waals surface area contributed by atoms with Crippen LogP contribution in [-0.4, -0.2) is 35.4 Å². The van der Waals surface area contributed by atoms with E-state index in [1.807, 2.05) is 0 Å².